The molecule has 0 bridgehead atoms. The average molecular weight is 441 g/mol. The number of hydrogen-bond acceptors (Lipinski definition) is 5. The van der Waals surface area contributed by atoms with Gasteiger partial charge in [-0.3, -0.25) is 19.0 Å². The summed E-state index contributed by atoms with van der Waals surface area (Å²) < 4.78 is 15.9. The van der Waals surface area contributed by atoms with Gasteiger partial charge in [-0.15, -0.1) is 11.3 Å². The Bertz CT molecular complexity index is 1160. The van der Waals surface area contributed by atoms with E-state index in [4.69, 9.17) is 0 Å². The molecule has 0 saturated heterocycles. The van der Waals surface area contributed by atoms with Gasteiger partial charge in [0, 0.05) is 24.2 Å². The third-order valence-electron chi connectivity index (χ3n) is 5.27. The maximum atomic E-state index is 14.6. The van der Waals surface area contributed by atoms with Crippen LogP contribution in [0.2, 0.25) is 0 Å². The average Bonchev–Trinajstić information content (AvgIpc) is 3.40. The minimum atomic E-state index is -0.864. The van der Waals surface area contributed by atoms with E-state index in [9.17, 15) is 23.9 Å². The largest absolute Gasteiger partial charge is 0.391 e. The van der Waals surface area contributed by atoms with Crippen LogP contribution in [0.1, 0.15) is 22.5 Å². The Morgan fingerprint density at radius 2 is 1.97 bits per heavy atom. The monoisotopic (exact) mass is 441 g/mol. The maximum Gasteiger partial charge on any atom is 0.261 e. The number of nitrogens with one attached hydrogen (secondary N) is 2. The van der Waals surface area contributed by atoms with Crippen LogP contribution in [0.3, 0.4) is 0 Å². The second kappa shape index (κ2) is 8.83. The number of aromatic nitrogens is 1. The minimum absolute atomic E-state index is 0.0155. The van der Waals surface area contributed by atoms with E-state index in [1.165, 1.54) is 46.4 Å². The van der Waals surface area contributed by atoms with Crippen molar-refractivity contribution in [3.05, 3.63) is 81.2 Å². The number of rotatable bonds is 5. The number of amides is 2. The smallest absolute Gasteiger partial charge is 0.261 e. The van der Waals surface area contributed by atoms with E-state index in [1.54, 1.807) is 29.6 Å². The van der Waals surface area contributed by atoms with Gasteiger partial charge in [0.15, 0.2) is 0 Å². The summed E-state index contributed by atoms with van der Waals surface area (Å²) in [5.41, 5.74) is 0.0290. The number of anilines is 1. The summed E-state index contributed by atoms with van der Waals surface area (Å²) in [5.74, 6) is -1.98. The SMILES string of the molecule is O=C(N[C@H]1C[C@@H](C(=O)Nc2ccc(-n3ccccc3=O)cc2F)C[C@@H]1O)c1cccs1. The Kier molecular flexibility index (Phi) is 5.97. The molecule has 3 N–H and O–H groups in total. The molecule has 0 aliphatic heterocycles. The Labute approximate surface area is 181 Å². The lowest BCUT2D eigenvalue weighted by molar-refractivity contribution is -0.119. The lowest BCUT2D eigenvalue weighted by atomic mass is 10.1. The highest BCUT2D eigenvalue weighted by Crippen LogP contribution is 2.29. The molecule has 2 aromatic heterocycles. The van der Waals surface area contributed by atoms with Crippen molar-refractivity contribution in [3.8, 4) is 5.69 Å². The van der Waals surface area contributed by atoms with E-state index in [2.05, 4.69) is 10.6 Å². The van der Waals surface area contributed by atoms with Gasteiger partial charge in [0.2, 0.25) is 5.91 Å². The van der Waals surface area contributed by atoms with Gasteiger partial charge >= 0.3 is 0 Å². The first-order valence-corrected chi connectivity index (χ1v) is 10.6. The second-order valence-corrected chi connectivity index (χ2v) is 8.30. The number of halogens is 1. The van der Waals surface area contributed by atoms with E-state index < -0.39 is 29.8 Å². The summed E-state index contributed by atoms with van der Waals surface area (Å²) in [6, 6.07) is 11.6. The molecule has 31 heavy (non-hydrogen) atoms. The van der Waals surface area contributed by atoms with Crippen LogP contribution in [0.5, 0.6) is 0 Å². The lowest BCUT2D eigenvalue weighted by Crippen LogP contribution is -2.39. The van der Waals surface area contributed by atoms with Crippen LogP contribution < -0.4 is 16.2 Å². The number of aliphatic hydroxyl groups excluding tert-OH is 1. The van der Waals surface area contributed by atoms with E-state index in [-0.39, 0.29) is 30.0 Å². The summed E-state index contributed by atoms with van der Waals surface area (Å²) >= 11 is 1.29. The first kappa shape index (κ1) is 21.0. The fraction of sp³-hybridized carbons (Fsp3) is 0.227. The van der Waals surface area contributed by atoms with E-state index >= 15 is 0 Å². The molecule has 7 nitrogen and oxygen atoms in total. The minimum Gasteiger partial charge on any atom is -0.391 e. The first-order valence-electron chi connectivity index (χ1n) is 9.73. The van der Waals surface area contributed by atoms with E-state index in [1.807, 2.05) is 0 Å². The maximum absolute atomic E-state index is 14.6. The number of carbonyl (C=O) groups is 2. The molecule has 3 atom stereocenters. The van der Waals surface area contributed by atoms with Crippen molar-refractivity contribution in [1.82, 2.24) is 9.88 Å². The van der Waals surface area contributed by atoms with Gasteiger partial charge in [-0.1, -0.05) is 12.1 Å². The molecule has 1 aliphatic rings. The molecular formula is C22H20FN3O4S. The third kappa shape index (κ3) is 4.57. The molecule has 0 spiro atoms. The quantitative estimate of drug-likeness (QED) is 0.567. The van der Waals surface area contributed by atoms with Gasteiger partial charge in [-0.25, -0.2) is 4.39 Å². The number of pyridine rings is 1. The van der Waals surface area contributed by atoms with Gasteiger partial charge in [0.1, 0.15) is 5.82 Å². The van der Waals surface area contributed by atoms with Gasteiger partial charge in [-0.05, 0) is 42.5 Å². The molecule has 1 aromatic carbocycles. The van der Waals surface area contributed by atoms with Crippen molar-refractivity contribution in [3.63, 3.8) is 0 Å². The number of thiophene rings is 1. The zero-order valence-electron chi connectivity index (χ0n) is 16.3. The molecule has 0 radical (unpaired) electrons. The zero-order valence-corrected chi connectivity index (χ0v) is 17.1. The van der Waals surface area contributed by atoms with Crippen LogP contribution in [-0.2, 0) is 4.79 Å². The fourth-order valence-corrected chi connectivity index (χ4v) is 4.29. The molecule has 2 heterocycles. The van der Waals surface area contributed by atoms with Crippen molar-refractivity contribution in [1.29, 1.82) is 0 Å². The normalized spacial score (nSPS) is 20.4. The highest BCUT2D eigenvalue weighted by atomic mass is 32.1. The van der Waals surface area contributed by atoms with E-state index in [0.717, 1.165) is 0 Å². The molecule has 1 aliphatic carbocycles. The van der Waals surface area contributed by atoms with Crippen LogP contribution >= 0.6 is 11.3 Å². The number of benzene rings is 1. The number of carbonyl (C=O) groups excluding carboxylic acids is 2. The first-order chi connectivity index (χ1) is 14.9. The van der Waals surface area contributed by atoms with Crippen molar-refractivity contribution in [2.45, 2.75) is 25.0 Å². The molecule has 2 amide bonds. The molecule has 4 rings (SSSR count). The second-order valence-electron chi connectivity index (χ2n) is 7.36. The van der Waals surface area contributed by atoms with Gasteiger partial charge < -0.3 is 15.7 Å². The standard InChI is InChI=1S/C22H20FN3O4S/c23-15-12-14(26-8-2-1-5-20(26)28)6-7-16(15)24-21(29)13-10-17(18(27)11-13)25-22(30)19-4-3-9-31-19/h1-9,12-13,17-18,27H,10-11H2,(H,24,29)(H,25,30)/t13-,17+,18+/m1/s1. The summed E-state index contributed by atoms with van der Waals surface area (Å²) in [7, 11) is 0. The van der Waals surface area contributed by atoms with Gasteiger partial charge in [0.25, 0.3) is 11.5 Å². The highest BCUT2D eigenvalue weighted by Gasteiger charge is 2.38. The van der Waals surface area contributed by atoms with Gasteiger partial charge in [0.05, 0.1) is 28.4 Å². The number of nitrogens with zero attached hydrogens (tertiary/aromatic N) is 1. The van der Waals surface area contributed by atoms with Crippen molar-refractivity contribution in [2.75, 3.05) is 5.32 Å². The molecular weight excluding hydrogens is 421 g/mol. The summed E-state index contributed by atoms with van der Waals surface area (Å²) in [4.78, 5) is 37.3. The lowest BCUT2D eigenvalue weighted by Gasteiger charge is -2.15. The third-order valence-corrected chi connectivity index (χ3v) is 6.14. The predicted molar refractivity (Wildman–Crippen MR) is 115 cm³/mol. The fourth-order valence-electron chi connectivity index (χ4n) is 3.66. The van der Waals surface area contributed by atoms with Crippen LogP contribution in [0.25, 0.3) is 5.69 Å². The number of hydrogen-bond donors (Lipinski definition) is 3. The molecule has 9 heteroatoms. The summed E-state index contributed by atoms with van der Waals surface area (Å²) in [5, 5.41) is 17.3. The molecule has 160 valence electrons. The Morgan fingerprint density at radius 3 is 2.68 bits per heavy atom. The van der Waals surface area contributed by atoms with Crippen LogP contribution in [0.4, 0.5) is 10.1 Å². The van der Waals surface area contributed by atoms with Crippen molar-refractivity contribution < 1.29 is 19.1 Å². The molecule has 0 unspecified atom stereocenters. The van der Waals surface area contributed by atoms with Crippen LogP contribution in [-0.4, -0.2) is 33.6 Å². The molecule has 1 fully saturated rings. The molecule has 3 aromatic rings. The summed E-state index contributed by atoms with van der Waals surface area (Å²) in [6.07, 6.45) is 1.08. The van der Waals surface area contributed by atoms with Crippen LogP contribution in [0.15, 0.2) is 64.9 Å². The topological polar surface area (TPSA) is 100 Å². The van der Waals surface area contributed by atoms with Crippen molar-refractivity contribution in [2.24, 2.45) is 5.92 Å². The number of aliphatic hydroxyl groups is 1. The predicted octanol–water partition coefficient (Wildman–Crippen LogP) is 2.55. The van der Waals surface area contributed by atoms with Crippen LogP contribution in [0, 0.1) is 11.7 Å². The zero-order chi connectivity index (χ0) is 22.0. The van der Waals surface area contributed by atoms with E-state index in [0.29, 0.717) is 10.6 Å². The Morgan fingerprint density at radius 1 is 1.13 bits per heavy atom. The Balaban J connectivity index is 1.41. The van der Waals surface area contributed by atoms with Crippen molar-refractivity contribution >= 4 is 28.8 Å². The van der Waals surface area contributed by atoms with Gasteiger partial charge in [-0.2, -0.15) is 0 Å². The highest BCUT2D eigenvalue weighted by molar-refractivity contribution is 7.12. The molecule has 1 saturated carbocycles. The Hall–Kier alpha value is -3.30. The summed E-state index contributed by atoms with van der Waals surface area (Å²) in [6.45, 7) is 0.